The van der Waals surface area contributed by atoms with E-state index in [-0.39, 0.29) is 5.91 Å². The molecule has 2 heterocycles. The first-order valence-corrected chi connectivity index (χ1v) is 10.3. The van der Waals surface area contributed by atoms with Crippen molar-refractivity contribution in [3.63, 3.8) is 0 Å². The quantitative estimate of drug-likeness (QED) is 0.710. The van der Waals surface area contributed by atoms with Gasteiger partial charge in [0.1, 0.15) is 0 Å². The fraction of sp³-hybridized carbons (Fsp3) is 0.667. The molecule has 2 aromatic heterocycles. The highest BCUT2D eigenvalue weighted by Crippen LogP contribution is 2.17. The summed E-state index contributed by atoms with van der Waals surface area (Å²) in [5, 5.41) is 8.15. The summed E-state index contributed by atoms with van der Waals surface area (Å²) in [7, 11) is 0. The Kier molecular flexibility index (Phi) is 7.00. The minimum atomic E-state index is 0.00928. The molecular weight excluding hydrogens is 348 g/mol. The number of hydrogen-bond donors (Lipinski definition) is 1. The van der Waals surface area contributed by atoms with Gasteiger partial charge in [-0.3, -0.25) is 9.69 Å². The van der Waals surface area contributed by atoms with Crippen molar-refractivity contribution in [2.75, 3.05) is 19.3 Å². The Morgan fingerprint density at radius 3 is 2.42 bits per heavy atom. The molecule has 8 heteroatoms. The third kappa shape index (κ3) is 4.73. The van der Waals surface area contributed by atoms with Crippen molar-refractivity contribution in [1.82, 2.24) is 29.8 Å². The third-order valence-electron chi connectivity index (χ3n) is 4.57. The molecule has 0 fully saturated rings. The van der Waals surface area contributed by atoms with Gasteiger partial charge in [0.05, 0.1) is 6.42 Å². The lowest BCUT2D eigenvalue weighted by Gasteiger charge is -2.30. The first kappa shape index (κ1) is 20.6. The van der Waals surface area contributed by atoms with Crippen molar-refractivity contribution in [3.8, 4) is 0 Å². The SMILES string of the molecule is CSc1nc2nc(C)c(CC(=O)NCCN(C(C)C)C(C)C)c(C)n2n1. The standard InChI is InChI=1S/C18H30N6OS/c1-11(2)23(12(3)4)9-8-19-16(25)10-15-13(5)20-17-21-18(26-7)22-24(17)14(15)6/h11-12H,8-10H2,1-7H3,(H,19,25). The van der Waals surface area contributed by atoms with Gasteiger partial charge in [0.25, 0.3) is 5.78 Å². The molecule has 0 radical (unpaired) electrons. The first-order valence-electron chi connectivity index (χ1n) is 9.03. The summed E-state index contributed by atoms with van der Waals surface area (Å²) in [6.45, 7) is 14.1. The fourth-order valence-corrected chi connectivity index (χ4v) is 3.53. The molecule has 1 amide bonds. The number of hydrogen-bond acceptors (Lipinski definition) is 6. The van der Waals surface area contributed by atoms with Crippen LogP contribution < -0.4 is 5.32 Å². The lowest BCUT2D eigenvalue weighted by Crippen LogP contribution is -2.42. The van der Waals surface area contributed by atoms with Crippen LogP contribution in [0.25, 0.3) is 5.78 Å². The zero-order chi connectivity index (χ0) is 19.4. The molecule has 0 aromatic carbocycles. The van der Waals surface area contributed by atoms with Gasteiger partial charge in [-0.1, -0.05) is 11.8 Å². The number of carbonyl (C=O) groups is 1. The van der Waals surface area contributed by atoms with Crippen LogP contribution in [-0.2, 0) is 11.2 Å². The molecule has 26 heavy (non-hydrogen) atoms. The molecule has 2 rings (SSSR count). The van der Waals surface area contributed by atoms with Crippen LogP contribution in [0.2, 0.25) is 0 Å². The summed E-state index contributed by atoms with van der Waals surface area (Å²) in [6.07, 6.45) is 2.24. The van der Waals surface area contributed by atoms with Crippen LogP contribution in [0, 0.1) is 13.8 Å². The van der Waals surface area contributed by atoms with Gasteiger partial charge in [0, 0.05) is 42.1 Å². The molecule has 0 unspecified atom stereocenters. The molecular formula is C18H30N6OS. The van der Waals surface area contributed by atoms with E-state index in [0.717, 1.165) is 23.5 Å². The number of carbonyl (C=O) groups excluding carboxylic acids is 1. The Morgan fingerprint density at radius 2 is 1.85 bits per heavy atom. The minimum Gasteiger partial charge on any atom is -0.355 e. The lowest BCUT2D eigenvalue weighted by molar-refractivity contribution is -0.120. The second kappa shape index (κ2) is 8.81. The molecule has 2 aromatic rings. The van der Waals surface area contributed by atoms with E-state index in [9.17, 15) is 4.79 Å². The molecule has 0 saturated carbocycles. The predicted molar refractivity (Wildman–Crippen MR) is 106 cm³/mol. The van der Waals surface area contributed by atoms with Crippen molar-refractivity contribution < 1.29 is 4.79 Å². The fourth-order valence-electron chi connectivity index (χ4n) is 3.19. The average molecular weight is 379 g/mol. The molecule has 0 aliphatic carbocycles. The number of nitrogens with zero attached hydrogens (tertiary/aromatic N) is 5. The summed E-state index contributed by atoms with van der Waals surface area (Å²) in [4.78, 5) is 23.7. The van der Waals surface area contributed by atoms with E-state index < -0.39 is 0 Å². The van der Waals surface area contributed by atoms with Gasteiger partial charge < -0.3 is 5.32 Å². The Bertz CT molecular complexity index is 763. The Labute approximate surface area is 160 Å². The van der Waals surface area contributed by atoms with Crippen molar-refractivity contribution in [2.24, 2.45) is 0 Å². The Balaban J connectivity index is 2.04. The topological polar surface area (TPSA) is 75.4 Å². The van der Waals surface area contributed by atoms with E-state index in [1.165, 1.54) is 11.8 Å². The van der Waals surface area contributed by atoms with Gasteiger partial charge in [-0.05, 0) is 47.8 Å². The smallest absolute Gasteiger partial charge is 0.253 e. The summed E-state index contributed by atoms with van der Waals surface area (Å²) in [5.41, 5.74) is 2.66. The number of aromatic nitrogens is 4. The van der Waals surface area contributed by atoms with Crippen molar-refractivity contribution in [1.29, 1.82) is 0 Å². The second-order valence-corrected chi connectivity index (χ2v) is 7.80. The lowest BCUT2D eigenvalue weighted by atomic mass is 10.1. The summed E-state index contributed by atoms with van der Waals surface area (Å²) in [5.74, 6) is 0.591. The first-order chi connectivity index (χ1) is 12.2. The van der Waals surface area contributed by atoms with Gasteiger partial charge in [-0.25, -0.2) is 9.50 Å². The van der Waals surface area contributed by atoms with E-state index in [1.807, 2.05) is 20.1 Å². The highest BCUT2D eigenvalue weighted by Gasteiger charge is 2.17. The van der Waals surface area contributed by atoms with Crippen molar-refractivity contribution in [3.05, 3.63) is 17.0 Å². The maximum atomic E-state index is 12.4. The highest BCUT2D eigenvalue weighted by molar-refractivity contribution is 7.98. The highest BCUT2D eigenvalue weighted by atomic mass is 32.2. The Morgan fingerprint density at radius 1 is 1.19 bits per heavy atom. The van der Waals surface area contributed by atoms with E-state index in [4.69, 9.17) is 0 Å². The van der Waals surface area contributed by atoms with Crippen molar-refractivity contribution >= 4 is 23.4 Å². The van der Waals surface area contributed by atoms with Crippen LogP contribution in [0.5, 0.6) is 0 Å². The molecule has 0 atom stereocenters. The van der Waals surface area contributed by atoms with Crippen LogP contribution >= 0.6 is 11.8 Å². The average Bonchev–Trinajstić information content (AvgIpc) is 2.98. The maximum Gasteiger partial charge on any atom is 0.253 e. The molecule has 7 nitrogen and oxygen atoms in total. The molecule has 0 saturated heterocycles. The number of amides is 1. The molecule has 0 spiro atoms. The van der Waals surface area contributed by atoms with Gasteiger partial charge in [-0.2, -0.15) is 4.98 Å². The Hall–Kier alpha value is -1.67. The van der Waals surface area contributed by atoms with Gasteiger partial charge in [0.2, 0.25) is 11.1 Å². The van der Waals surface area contributed by atoms with Gasteiger partial charge in [0.15, 0.2) is 0 Å². The third-order valence-corrected chi connectivity index (χ3v) is 5.11. The summed E-state index contributed by atoms with van der Waals surface area (Å²) < 4.78 is 1.72. The van der Waals surface area contributed by atoms with E-state index >= 15 is 0 Å². The number of nitrogens with one attached hydrogen (secondary N) is 1. The minimum absolute atomic E-state index is 0.00928. The predicted octanol–water partition coefficient (Wildman–Crippen LogP) is 2.24. The van der Waals surface area contributed by atoms with Gasteiger partial charge in [-0.15, -0.1) is 5.10 Å². The molecule has 144 valence electrons. The number of thioether (sulfide) groups is 1. The second-order valence-electron chi connectivity index (χ2n) is 7.02. The van der Waals surface area contributed by atoms with Crippen LogP contribution in [0.4, 0.5) is 0 Å². The molecule has 1 N–H and O–H groups in total. The van der Waals surface area contributed by atoms with Crippen LogP contribution in [0.15, 0.2) is 5.16 Å². The van der Waals surface area contributed by atoms with Crippen LogP contribution in [0.1, 0.15) is 44.6 Å². The molecule has 0 aliphatic heterocycles. The zero-order valence-electron chi connectivity index (χ0n) is 16.8. The monoisotopic (exact) mass is 378 g/mol. The van der Waals surface area contributed by atoms with Crippen molar-refractivity contribution in [2.45, 2.75) is 65.2 Å². The van der Waals surface area contributed by atoms with Crippen LogP contribution in [-0.4, -0.2) is 61.8 Å². The number of fused-ring (bicyclic) bond motifs is 1. The maximum absolute atomic E-state index is 12.4. The van der Waals surface area contributed by atoms with Gasteiger partial charge >= 0.3 is 0 Å². The number of aryl methyl sites for hydroxylation is 2. The van der Waals surface area contributed by atoms with Crippen LogP contribution in [0.3, 0.4) is 0 Å². The summed E-state index contributed by atoms with van der Waals surface area (Å²) >= 11 is 1.48. The molecule has 0 aliphatic rings. The largest absolute Gasteiger partial charge is 0.355 e. The zero-order valence-corrected chi connectivity index (χ0v) is 17.6. The van der Waals surface area contributed by atoms with E-state index in [0.29, 0.717) is 36.0 Å². The number of rotatable bonds is 8. The van der Waals surface area contributed by atoms with E-state index in [1.54, 1.807) is 4.52 Å². The summed E-state index contributed by atoms with van der Waals surface area (Å²) in [6, 6.07) is 0.918. The molecule has 0 bridgehead atoms. The van der Waals surface area contributed by atoms with E-state index in [2.05, 4.69) is 53.0 Å². The normalized spacial score (nSPS) is 11.9.